The first-order valence-corrected chi connectivity index (χ1v) is 12.8. The topological polar surface area (TPSA) is 98.7 Å². The van der Waals surface area contributed by atoms with E-state index in [0.717, 1.165) is 48.6 Å². The molecule has 0 bridgehead atoms. The average Bonchev–Trinajstić information content (AvgIpc) is 3.11. The van der Waals surface area contributed by atoms with Crippen molar-refractivity contribution < 1.29 is 19.5 Å². The summed E-state index contributed by atoms with van der Waals surface area (Å²) in [6.45, 7) is 2.75. The van der Waals surface area contributed by atoms with Crippen molar-refractivity contribution in [2.45, 2.75) is 75.3 Å². The number of rotatable bonds is 14. The smallest absolute Gasteiger partial charge is 0.255 e. The number of amides is 3. The van der Waals surface area contributed by atoms with E-state index in [-0.39, 0.29) is 30.7 Å². The van der Waals surface area contributed by atoms with E-state index in [9.17, 15) is 14.4 Å². The van der Waals surface area contributed by atoms with Crippen molar-refractivity contribution >= 4 is 29.5 Å². The lowest BCUT2D eigenvalue weighted by Crippen LogP contribution is -2.52. The van der Waals surface area contributed by atoms with Crippen LogP contribution >= 0.6 is 11.8 Å². The van der Waals surface area contributed by atoms with Gasteiger partial charge in [0.05, 0.1) is 0 Å². The number of nitrogens with zero attached hydrogens (tertiary/aromatic N) is 1. The molecule has 2 aliphatic heterocycles. The van der Waals surface area contributed by atoms with Crippen molar-refractivity contribution in [1.82, 2.24) is 15.5 Å². The molecule has 176 valence electrons. The summed E-state index contributed by atoms with van der Waals surface area (Å²) < 4.78 is 0. The molecule has 7 nitrogen and oxygen atoms in total. The number of piperidine rings is 1. The zero-order valence-electron chi connectivity index (χ0n) is 18.7. The number of benzene rings is 1. The number of aliphatic hydroxyl groups is 1. The summed E-state index contributed by atoms with van der Waals surface area (Å²) in [4.78, 5) is 39.3. The lowest BCUT2D eigenvalue weighted by Gasteiger charge is -2.29. The molecule has 1 fully saturated rings. The quantitative estimate of drug-likeness (QED) is 0.224. The van der Waals surface area contributed by atoms with Gasteiger partial charge in [0.15, 0.2) is 0 Å². The summed E-state index contributed by atoms with van der Waals surface area (Å²) in [5.74, 6) is 0.280. The normalized spacial score (nSPS) is 18.2. The zero-order valence-corrected chi connectivity index (χ0v) is 19.6. The highest BCUT2D eigenvalue weighted by Gasteiger charge is 2.39. The third kappa shape index (κ3) is 6.80. The molecule has 1 atom stereocenters. The predicted octanol–water partition coefficient (Wildman–Crippen LogP) is 2.85. The van der Waals surface area contributed by atoms with Gasteiger partial charge >= 0.3 is 0 Å². The number of thioether (sulfide) groups is 1. The van der Waals surface area contributed by atoms with Crippen molar-refractivity contribution in [2.75, 3.05) is 25.4 Å². The molecule has 0 radical (unpaired) electrons. The Morgan fingerprint density at radius 3 is 2.56 bits per heavy atom. The Morgan fingerprint density at radius 1 is 1.03 bits per heavy atom. The zero-order chi connectivity index (χ0) is 22.8. The van der Waals surface area contributed by atoms with E-state index >= 15 is 0 Å². The Bertz CT molecular complexity index is 801. The lowest BCUT2D eigenvalue weighted by atomic mass is 10.0. The molecule has 3 rings (SSSR count). The van der Waals surface area contributed by atoms with Crippen molar-refractivity contribution in [1.29, 1.82) is 0 Å². The van der Waals surface area contributed by atoms with Gasteiger partial charge < -0.3 is 15.3 Å². The fourth-order valence-electron chi connectivity index (χ4n) is 4.24. The SMILES string of the molecule is O=C1CCC(N2Cc3c(SCCCCCCCNCCCCO)cccc3C2=O)C(=O)N1. The van der Waals surface area contributed by atoms with E-state index in [1.807, 2.05) is 12.1 Å². The van der Waals surface area contributed by atoms with E-state index in [1.54, 1.807) is 16.7 Å². The number of fused-ring (bicyclic) bond motifs is 1. The van der Waals surface area contributed by atoms with Crippen molar-refractivity contribution in [3.63, 3.8) is 0 Å². The second kappa shape index (κ2) is 13.0. The summed E-state index contributed by atoms with van der Waals surface area (Å²) in [7, 11) is 0. The Morgan fingerprint density at radius 2 is 1.78 bits per heavy atom. The Kier molecular flexibility index (Phi) is 10.0. The molecule has 32 heavy (non-hydrogen) atoms. The van der Waals surface area contributed by atoms with Gasteiger partial charge in [0.1, 0.15) is 6.04 Å². The van der Waals surface area contributed by atoms with E-state index < -0.39 is 6.04 Å². The van der Waals surface area contributed by atoms with Gasteiger partial charge in [-0.15, -0.1) is 11.8 Å². The minimum Gasteiger partial charge on any atom is -0.396 e. The predicted molar refractivity (Wildman–Crippen MR) is 125 cm³/mol. The number of imide groups is 1. The molecule has 2 heterocycles. The summed E-state index contributed by atoms with van der Waals surface area (Å²) in [6, 6.07) is 5.26. The molecular formula is C24H35N3O4S. The maximum atomic E-state index is 12.9. The second-order valence-electron chi connectivity index (χ2n) is 8.48. The molecule has 1 unspecified atom stereocenters. The van der Waals surface area contributed by atoms with Crippen LogP contribution in [0.5, 0.6) is 0 Å². The monoisotopic (exact) mass is 461 g/mol. The van der Waals surface area contributed by atoms with Crippen LogP contribution in [0.3, 0.4) is 0 Å². The van der Waals surface area contributed by atoms with Crippen LogP contribution in [0.1, 0.15) is 73.7 Å². The van der Waals surface area contributed by atoms with Crippen molar-refractivity contribution in [3.8, 4) is 0 Å². The van der Waals surface area contributed by atoms with Gasteiger partial charge in [0, 0.05) is 30.0 Å². The Balaban J connectivity index is 1.37. The number of aliphatic hydroxyl groups excluding tert-OH is 1. The number of hydrogen-bond donors (Lipinski definition) is 3. The van der Waals surface area contributed by atoms with E-state index in [4.69, 9.17) is 5.11 Å². The van der Waals surface area contributed by atoms with Crippen LogP contribution in [-0.4, -0.2) is 59.2 Å². The molecule has 0 saturated carbocycles. The van der Waals surface area contributed by atoms with Crippen LogP contribution in [0.25, 0.3) is 0 Å². The summed E-state index contributed by atoms with van der Waals surface area (Å²) >= 11 is 1.79. The average molecular weight is 462 g/mol. The summed E-state index contributed by atoms with van der Waals surface area (Å²) in [5.41, 5.74) is 1.70. The maximum absolute atomic E-state index is 12.9. The van der Waals surface area contributed by atoms with Crippen LogP contribution in [0, 0.1) is 0 Å². The van der Waals surface area contributed by atoms with Gasteiger partial charge in [-0.25, -0.2) is 0 Å². The molecule has 3 N–H and O–H groups in total. The van der Waals surface area contributed by atoms with E-state index in [1.165, 1.54) is 25.7 Å². The molecule has 0 aliphatic carbocycles. The molecule has 1 aromatic carbocycles. The van der Waals surface area contributed by atoms with Crippen molar-refractivity contribution in [2.24, 2.45) is 0 Å². The standard InChI is InChI=1S/C24H35N3O4S/c28-15-6-5-14-25-13-4-2-1-3-7-16-32-21-10-8-9-18-19(21)17-27(24(18)31)20-11-12-22(29)26-23(20)30/h8-10,20,25,28H,1-7,11-17H2,(H,26,29,30). The number of unbranched alkanes of at least 4 members (excludes halogenated alkanes) is 5. The first-order valence-electron chi connectivity index (χ1n) is 11.8. The van der Waals surface area contributed by atoms with Gasteiger partial charge in [0.25, 0.3) is 5.91 Å². The van der Waals surface area contributed by atoms with Gasteiger partial charge in [-0.1, -0.05) is 25.3 Å². The third-order valence-corrected chi connectivity index (χ3v) is 7.24. The minimum atomic E-state index is -0.561. The highest BCUT2D eigenvalue weighted by atomic mass is 32.2. The highest BCUT2D eigenvalue weighted by Crippen LogP contribution is 2.34. The van der Waals surface area contributed by atoms with Crippen LogP contribution in [0.15, 0.2) is 23.1 Å². The van der Waals surface area contributed by atoms with E-state index in [2.05, 4.69) is 16.7 Å². The molecule has 3 amide bonds. The fraction of sp³-hybridized carbons (Fsp3) is 0.625. The lowest BCUT2D eigenvalue weighted by molar-refractivity contribution is -0.136. The van der Waals surface area contributed by atoms with Crippen LogP contribution < -0.4 is 10.6 Å². The molecule has 8 heteroatoms. The number of carbonyl (C=O) groups excluding carboxylic acids is 3. The fourth-order valence-corrected chi connectivity index (χ4v) is 5.34. The first kappa shape index (κ1) is 24.7. The third-order valence-electron chi connectivity index (χ3n) is 6.06. The van der Waals surface area contributed by atoms with Crippen LogP contribution in [0.4, 0.5) is 0 Å². The number of nitrogens with one attached hydrogen (secondary N) is 2. The molecular weight excluding hydrogens is 426 g/mol. The van der Waals surface area contributed by atoms with Gasteiger partial charge in [-0.2, -0.15) is 0 Å². The molecule has 1 aromatic rings. The highest BCUT2D eigenvalue weighted by molar-refractivity contribution is 7.99. The Hall–Kier alpha value is -1.90. The van der Waals surface area contributed by atoms with E-state index in [0.29, 0.717) is 18.5 Å². The molecule has 0 spiro atoms. The number of carbonyl (C=O) groups is 3. The van der Waals surface area contributed by atoms with Crippen LogP contribution in [0.2, 0.25) is 0 Å². The Labute approximate surface area is 194 Å². The largest absolute Gasteiger partial charge is 0.396 e. The van der Waals surface area contributed by atoms with Gasteiger partial charge in [0.2, 0.25) is 11.8 Å². The maximum Gasteiger partial charge on any atom is 0.255 e. The number of hydrogen-bond acceptors (Lipinski definition) is 6. The first-order chi connectivity index (χ1) is 15.6. The summed E-state index contributed by atoms with van der Waals surface area (Å²) in [6.07, 6.45) is 8.57. The summed E-state index contributed by atoms with van der Waals surface area (Å²) in [5, 5.41) is 14.5. The minimum absolute atomic E-state index is 0.109. The van der Waals surface area contributed by atoms with Gasteiger partial charge in [-0.05, 0) is 68.6 Å². The van der Waals surface area contributed by atoms with Gasteiger partial charge in [-0.3, -0.25) is 19.7 Å². The second-order valence-corrected chi connectivity index (χ2v) is 9.62. The molecule has 2 aliphatic rings. The van der Waals surface area contributed by atoms with Crippen LogP contribution in [-0.2, 0) is 16.1 Å². The molecule has 0 aromatic heterocycles. The van der Waals surface area contributed by atoms with Crippen molar-refractivity contribution in [3.05, 3.63) is 29.3 Å². The molecule has 1 saturated heterocycles.